The molecule has 2 N–H and O–H groups in total. The zero-order valence-electron chi connectivity index (χ0n) is 31.5. The highest BCUT2D eigenvalue weighted by molar-refractivity contribution is 6.09. The highest BCUT2D eigenvalue weighted by Crippen LogP contribution is 2.79. The molecular formula is C53H42N3O+. The lowest BCUT2D eigenvalue weighted by Crippen LogP contribution is -2.90. The molecule has 6 aliphatic carbocycles. The first kappa shape index (κ1) is 32.0. The first-order chi connectivity index (χ1) is 28.2. The molecular weight excluding hydrogens is 695 g/mol. The molecule has 5 aromatic rings. The number of hydrogen-bond acceptors (Lipinski definition) is 3. The van der Waals surface area contributed by atoms with E-state index in [9.17, 15) is 0 Å². The van der Waals surface area contributed by atoms with Crippen LogP contribution in [0.15, 0.2) is 192 Å². The normalized spacial score (nSPS) is 33.8. The third-order valence-corrected chi connectivity index (χ3v) is 14.8. The lowest BCUT2D eigenvalue weighted by Gasteiger charge is -2.48. The molecule has 274 valence electrons. The summed E-state index contributed by atoms with van der Waals surface area (Å²) in [6, 6.07) is 46.8. The molecule has 2 heterocycles. The van der Waals surface area contributed by atoms with Crippen LogP contribution in [0.2, 0.25) is 0 Å². The van der Waals surface area contributed by atoms with Crippen LogP contribution in [0.25, 0.3) is 5.57 Å². The Morgan fingerprint density at radius 3 is 2.28 bits per heavy atom. The second kappa shape index (κ2) is 11.7. The first-order valence-corrected chi connectivity index (χ1v) is 20.8. The summed E-state index contributed by atoms with van der Waals surface area (Å²) in [5.41, 5.74) is 11.2. The van der Waals surface area contributed by atoms with Crippen molar-refractivity contribution in [1.82, 2.24) is 0 Å². The van der Waals surface area contributed by atoms with Crippen molar-refractivity contribution in [2.75, 3.05) is 0 Å². The van der Waals surface area contributed by atoms with Crippen molar-refractivity contribution in [2.45, 2.75) is 35.9 Å². The largest absolute Gasteiger partial charge is 0.488 e. The van der Waals surface area contributed by atoms with E-state index < -0.39 is 0 Å². The zero-order chi connectivity index (χ0) is 37.3. The second-order valence-electron chi connectivity index (χ2n) is 17.3. The van der Waals surface area contributed by atoms with Crippen molar-refractivity contribution >= 4 is 17.2 Å². The van der Waals surface area contributed by atoms with Crippen molar-refractivity contribution in [3.63, 3.8) is 0 Å². The van der Waals surface area contributed by atoms with Crippen molar-refractivity contribution in [2.24, 2.45) is 39.1 Å². The van der Waals surface area contributed by atoms with Gasteiger partial charge < -0.3 is 4.74 Å². The summed E-state index contributed by atoms with van der Waals surface area (Å²) in [6.45, 7) is 0. The standard InChI is InChI=1S/C53H41N3O/c1-2-11-34(12-3-1)49-54-50(56-51(55-49)36-26-22-33(23-27-36)47-40-14-10-15-41(40)47)35-24-20-32(21-25-35)37-28-29-39-38-13-4-5-16-42(38)53(45(39)31-37)43-17-6-7-19-46(43)57-48-44-18-8-9-30-52(44,48)53/h1-14,16-31,39-41,44-45,47-48,50H,15H2,(H,54,55,56)/p+1. The number of ether oxygens (including phenoxy) is 1. The van der Waals surface area contributed by atoms with Crippen LogP contribution in [-0.2, 0) is 5.41 Å². The Kier molecular flexibility index (Phi) is 6.59. The first-order valence-electron chi connectivity index (χ1n) is 20.8. The summed E-state index contributed by atoms with van der Waals surface area (Å²) in [5, 5.41) is 2.24. The summed E-state index contributed by atoms with van der Waals surface area (Å²) < 4.78 is 6.84. The van der Waals surface area contributed by atoms with Gasteiger partial charge in [-0.2, -0.15) is 4.99 Å². The molecule has 4 nitrogen and oxygen atoms in total. The number of benzene rings is 5. The lowest BCUT2D eigenvalue weighted by molar-refractivity contribution is -0.586. The Morgan fingerprint density at radius 2 is 1.44 bits per heavy atom. The number of rotatable bonds is 5. The summed E-state index contributed by atoms with van der Waals surface area (Å²) in [6.07, 6.45) is 22.8. The average molecular weight is 737 g/mol. The molecule has 0 aromatic heterocycles. The number of amidine groups is 2. The summed E-state index contributed by atoms with van der Waals surface area (Å²) in [4.78, 5) is 10.4. The van der Waals surface area contributed by atoms with Crippen LogP contribution < -0.4 is 10.1 Å². The molecule has 4 heteroatoms. The monoisotopic (exact) mass is 736 g/mol. The van der Waals surface area contributed by atoms with Gasteiger partial charge in [0.15, 0.2) is 5.84 Å². The van der Waals surface area contributed by atoms with Gasteiger partial charge in [0.25, 0.3) is 0 Å². The fraction of sp³-hybridized carbons (Fsp3) is 0.208. The Hall–Kier alpha value is -6.10. The van der Waals surface area contributed by atoms with Gasteiger partial charge >= 0.3 is 0 Å². The van der Waals surface area contributed by atoms with E-state index in [1.807, 2.05) is 0 Å². The van der Waals surface area contributed by atoms with Crippen molar-refractivity contribution in [3.05, 3.63) is 227 Å². The van der Waals surface area contributed by atoms with E-state index in [1.165, 1.54) is 39.8 Å². The fourth-order valence-corrected chi connectivity index (χ4v) is 12.2. The Labute approximate surface area is 333 Å². The number of hydrogen-bond donors (Lipinski definition) is 1. The number of aliphatic imine (C=N–C) groups is 2. The van der Waals surface area contributed by atoms with E-state index in [2.05, 4.69) is 187 Å². The third-order valence-electron chi connectivity index (χ3n) is 14.8. The molecule has 8 aliphatic rings. The number of nitrogens with two attached hydrogens (primary N) is 1. The molecule has 0 radical (unpaired) electrons. The third kappa shape index (κ3) is 4.37. The van der Waals surface area contributed by atoms with Gasteiger partial charge in [0, 0.05) is 39.9 Å². The van der Waals surface area contributed by atoms with E-state index >= 15 is 0 Å². The van der Waals surface area contributed by atoms with E-state index in [1.54, 1.807) is 0 Å². The SMILES string of the molecule is C1=CC2C3Oc4ccccc4C4(c5ccccc5C5C=CC(c6ccc(C7N=C(c8ccccc8)N=C(c8ccc(C9C%10C=CCC%109)cc8)[NH2+]7)cc6)=CC54)C23C=C1. The van der Waals surface area contributed by atoms with E-state index in [0.717, 1.165) is 45.9 Å². The molecule has 10 atom stereocenters. The van der Waals surface area contributed by atoms with Crippen molar-refractivity contribution < 1.29 is 10.1 Å². The number of nitrogens with zero attached hydrogens (tertiary/aromatic N) is 2. The predicted octanol–water partition coefficient (Wildman–Crippen LogP) is 9.60. The zero-order valence-corrected chi connectivity index (χ0v) is 31.5. The van der Waals surface area contributed by atoms with E-state index in [-0.39, 0.29) is 29.0 Å². The average Bonchev–Trinajstić information content (AvgIpc) is 4.04. The molecule has 2 spiro atoms. The van der Waals surface area contributed by atoms with Crippen molar-refractivity contribution in [1.29, 1.82) is 0 Å². The molecule has 2 aliphatic heterocycles. The topological polar surface area (TPSA) is 50.6 Å². The molecule has 0 saturated heterocycles. The smallest absolute Gasteiger partial charge is 0.235 e. The summed E-state index contributed by atoms with van der Waals surface area (Å²) >= 11 is 0. The molecule has 5 aromatic carbocycles. The maximum Gasteiger partial charge on any atom is 0.235 e. The van der Waals surface area contributed by atoms with Crippen LogP contribution >= 0.6 is 0 Å². The second-order valence-corrected chi connectivity index (χ2v) is 17.3. The maximum atomic E-state index is 6.84. The molecule has 2 saturated carbocycles. The molecule has 0 bridgehead atoms. The van der Waals surface area contributed by atoms with Crippen LogP contribution in [0.5, 0.6) is 5.75 Å². The molecule has 13 rings (SSSR count). The summed E-state index contributed by atoms with van der Waals surface area (Å²) in [7, 11) is 0. The van der Waals surface area contributed by atoms with Crippen LogP contribution in [0, 0.1) is 29.1 Å². The van der Waals surface area contributed by atoms with Gasteiger partial charge in [-0.25, -0.2) is 4.99 Å². The maximum absolute atomic E-state index is 6.84. The number of quaternary nitrogens is 1. The van der Waals surface area contributed by atoms with Gasteiger partial charge in [0.05, 0.1) is 11.0 Å². The van der Waals surface area contributed by atoms with E-state index in [0.29, 0.717) is 17.8 Å². The quantitative estimate of drug-likeness (QED) is 0.180. The molecule has 2 fully saturated rings. The minimum atomic E-state index is -0.238. The highest BCUT2D eigenvalue weighted by Gasteiger charge is 2.80. The number of allylic oxidation sites excluding steroid dienone is 8. The van der Waals surface area contributed by atoms with Crippen molar-refractivity contribution in [3.8, 4) is 5.75 Å². The minimum absolute atomic E-state index is 0.124. The van der Waals surface area contributed by atoms with Crippen LogP contribution in [0.3, 0.4) is 0 Å². The number of fused-ring (bicyclic) bond motifs is 9. The van der Waals surface area contributed by atoms with Gasteiger partial charge in [-0.05, 0) is 70.2 Å². The van der Waals surface area contributed by atoms with Crippen LogP contribution in [0.1, 0.15) is 68.9 Å². The van der Waals surface area contributed by atoms with Gasteiger partial charge in [-0.15, -0.1) is 0 Å². The predicted molar refractivity (Wildman–Crippen MR) is 226 cm³/mol. The summed E-state index contributed by atoms with van der Waals surface area (Å²) in [5.74, 6) is 5.90. The Morgan fingerprint density at radius 1 is 0.667 bits per heavy atom. The number of para-hydroxylation sites is 1. The highest BCUT2D eigenvalue weighted by atomic mass is 16.5. The Bertz CT molecular complexity index is 2720. The molecule has 57 heavy (non-hydrogen) atoms. The van der Waals surface area contributed by atoms with Gasteiger partial charge in [0.2, 0.25) is 12.0 Å². The van der Waals surface area contributed by atoms with Gasteiger partial charge in [0.1, 0.15) is 11.9 Å². The molecule has 10 unspecified atom stereocenters. The minimum Gasteiger partial charge on any atom is -0.488 e. The Balaban J connectivity index is 0.858. The molecule has 0 amide bonds. The van der Waals surface area contributed by atoms with E-state index in [4.69, 9.17) is 14.7 Å². The fourth-order valence-electron chi connectivity index (χ4n) is 12.2. The lowest BCUT2D eigenvalue weighted by atomic mass is 9.55. The van der Waals surface area contributed by atoms with Crippen LogP contribution in [0.4, 0.5) is 0 Å². The van der Waals surface area contributed by atoms with Gasteiger partial charge in [-0.1, -0.05) is 164 Å². The van der Waals surface area contributed by atoms with Crippen LogP contribution in [-0.4, -0.2) is 17.8 Å². The van der Waals surface area contributed by atoms with Gasteiger partial charge in [-0.3, -0.25) is 5.32 Å².